The topological polar surface area (TPSA) is 111 Å². The average Bonchev–Trinajstić information content (AvgIpc) is 2.86. The number of rotatable bonds is 4. The van der Waals surface area contributed by atoms with E-state index in [1.54, 1.807) is 0 Å². The quantitative estimate of drug-likeness (QED) is 0.637. The third-order valence-corrected chi connectivity index (χ3v) is 4.23. The van der Waals surface area contributed by atoms with Crippen molar-refractivity contribution in [1.29, 1.82) is 0 Å². The Morgan fingerprint density at radius 2 is 1.88 bits per heavy atom. The fraction of sp³-hybridized carbons (Fsp3) is 0.267. The highest BCUT2D eigenvalue weighted by Crippen LogP contribution is 2.36. The van der Waals surface area contributed by atoms with Crippen molar-refractivity contribution in [2.75, 3.05) is 19.6 Å². The predicted octanol–water partition coefficient (Wildman–Crippen LogP) is 2.16. The molecule has 0 aliphatic carbocycles. The number of halogens is 1. The summed E-state index contributed by atoms with van der Waals surface area (Å²) in [6, 6.07) is 2.62. The van der Waals surface area contributed by atoms with Crippen LogP contribution in [0.5, 0.6) is 5.88 Å². The van der Waals surface area contributed by atoms with Gasteiger partial charge in [0.05, 0.1) is 23.9 Å². The second-order valence-corrected chi connectivity index (χ2v) is 8.35. The van der Waals surface area contributed by atoms with Gasteiger partial charge in [0.2, 0.25) is 11.7 Å². The lowest BCUT2D eigenvalue weighted by atomic mass is 10.0. The van der Waals surface area contributed by atoms with Crippen molar-refractivity contribution >= 4 is 38.8 Å². The fourth-order valence-electron chi connectivity index (χ4n) is 2.06. The molecule has 1 aromatic heterocycles. The molecule has 1 heterocycles. The Morgan fingerprint density at radius 3 is 2.36 bits per heavy atom. The number of nitrogens with zero attached hydrogens (tertiary/aromatic N) is 3. The highest BCUT2D eigenvalue weighted by atomic mass is 35.5. The van der Waals surface area contributed by atoms with E-state index < -0.39 is 21.5 Å². The largest absolute Gasteiger partial charge is 0.493 e. The standard InChI is InChI=1S/C15H16ClN3O5S/c1-19-14(21)10(7-17-19)13(20)8-5-6-9(15(22)24-2)12(11(8)16)18-25(3,4)23/h5-7,21H,1-4H3. The number of ketones is 1. The molecule has 10 heteroatoms. The zero-order chi connectivity index (χ0) is 18.9. The summed E-state index contributed by atoms with van der Waals surface area (Å²) in [6.07, 6.45) is 3.93. The van der Waals surface area contributed by atoms with Gasteiger partial charge in [-0.3, -0.25) is 4.79 Å². The molecule has 0 radical (unpaired) electrons. The molecule has 2 rings (SSSR count). The van der Waals surface area contributed by atoms with Gasteiger partial charge in [-0.25, -0.2) is 13.7 Å². The van der Waals surface area contributed by atoms with Crippen LogP contribution >= 0.6 is 11.6 Å². The minimum Gasteiger partial charge on any atom is -0.493 e. The number of methoxy groups -OCH3 is 1. The number of esters is 1. The number of benzene rings is 1. The second kappa shape index (κ2) is 6.85. The summed E-state index contributed by atoms with van der Waals surface area (Å²) < 4.78 is 21.8. The SMILES string of the molecule is COC(=O)c1ccc(C(=O)c2cnn(C)c2O)c(Cl)c1N=S(C)(C)=O. The average molecular weight is 386 g/mol. The van der Waals surface area contributed by atoms with Gasteiger partial charge in [0.25, 0.3) is 0 Å². The summed E-state index contributed by atoms with van der Waals surface area (Å²) in [5, 5.41) is 13.5. The Labute approximate surface area is 149 Å². The first-order valence-corrected chi connectivity index (χ1v) is 9.61. The van der Waals surface area contributed by atoms with Crippen LogP contribution in [0.15, 0.2) is 22.7 Å². The second-order valence-electron chi connectivity index (χ2n) is 5.42. The maximum absolute atomic E-state index is 12.6. The highest BCUT2D eigenvalue weighted by Gasteiger charge is 2.25. The van der Waals surface area contributed by atoms with Crippen LogP contribution in [-0.4, -0.2) is 50.5 Å². The number of aromatic hydroxyl groups is 1. The molecule has 0 spiro atoms. The van der Waals surface area contributed by atoms with Crippen molar-refractivity contribution in [2.24, 2.45) is 11.4 Å². The summed E-state index contributed by atoms with van der Waals surface area (Å²) in [5.74, 6) is -1.67. The molecule has 2 aromatic rings. The highest BCUT2D eigenvalue weighted by molar-refractivity contribution is 7.92. The van der Waals surface area contributed by atoms with E-state index in [1.165, 1.54) is 45.0 Å². The summed E-state index contributed by atoms with van der Waals surface area (Å²) in [5.41, 5.74) is -0.191. The van der Waals surface area contributed by atoms with E-state index in [0.717, 1.165) is 4.68 Å². The number of aryl methyl sites for hydroxylation is 1. The molecule has 0 bridgehead atoms. The molecule has 0 saturated carbocycles. The van der Waals surface area contributed by atoms with Crippen molar-refractivity contribution in [2.45, 2.75) is 0 Å². The van der Waals surface area contributed by atoms with E-state index in [-0.39, 0.29) is 33.3 Å². The fourth-order valence-corrected chi connectivity index (χ4v) is 3.03. The minimum atomic E-state index is -2.67. The van der Waals surface area contributed by atoms with Crippen LogP contribution in [0.3, 0.4) is 0 Å². The van der Waals surface area contributed by atoms with Gasteiger partial charge in [-0.05, 0) is 12.1 Å². The lowest BCUT2D eigenvalue weighted by molar-refractivity contribution is 0.0601. The molecule has 0 unspecified atom stereocenters. The van der Waals surface area contributed by atoms with E-state index in [9.17, 15) is 18.9 Å². The number of carbonyl (C=O) groups is 2. The molecular formula is C15H16ClN3O5S. The molecule has 1 N–H and O–H groups in total. The Kier molecular flexibility index (Phi) is 5.19. The van der Waals surface area contributed by atoms with Gasteiger partial charge >= 0.3 is 5.97 Å². The Bertz CT molecular complexity index is 981. The monoisotopic (exact) mass is 385 g/mol. The van der Waals surface area contributed by atoms with Crippen LogP contribution in [0.1, 0.15) is 26.3 Å². The van der Waals surface area contributed by atoms with Crippen molar-refractivity contribution < 1.29 is 23.6 Å². The Balaban J connectivity index is 2.72. The van der Waals surface area contributed by atoms with Gasteiger partial charge < -0.3 is 9.84 Å². The number of hydrogen-bond donors (Lipinski definition) is 1. The van der Waals surface area contributed by atoms with Gasteiger partial charge in [0, 0.05) is 34.9 Å². The predicted molar refractivity (Wildman–Crippen MR) is 93.2 cm³/mol. The number of carbonyl (C=O) groups excluding carboxylic acids is 2. The maximum Gasteiger partial charge on any atom is 0.340 e. The Morgan fingerprint density at radius 1 is 1.28 bits per heavy atom. The maximum atomic E-state index is 12.6. The van der Waals surface area contributed by atoms with Crippen LogP contribution in [0, 0.1) is 0 Å². The van der Waals surface area contributed by atoms with Crippen molar-refractivity contribution in [3.05, 3.63) is 40.0 Å². The molecular weight excluding hydrogens is 370 g/mol. The molecule has 0 aliphatic rings. The van der Waals surface area contributed by atoms with Crippen LogP contribution in [-0.2, 0) is 21.5 Å². The first-order valence-electron chi connectivity index (χ1n) is 6.90. The van der Waals surface area contributed by atoms with Gasteiger partial charge in [-0.1, -0.05) is 11.6 Å². The van der Waals surface area contributed by atoms with E-state index in [4.69, 9.17) is 11.6 Å². The normalized spacial score (nSPS) is 11.2. The third-order valence-electron chi connectivity index (χ3n) is 3.23. The molecule has 0 amide bonds. The molecule has 0 saturated heterocycles. The first-order chi connectivity index (χ1) is 11.6. The van der Waals surface area contributed by atoms with Crippen molar-refractivity contribution in [3.8, 4) is 5.88 Å². The molecule has 0 aliphatic heterocycles. The molecule has 0 fully saturated rings. The zero-order valence-electron chi connectivity index (χ0n) is 13.9. The van der Waals surface area contributed by atoms with E-state index in [1.807, 2.05) is 0 Å². The third kappa shape index (κ3) is 3.83. The summed E-state index contributed by atoms with van der Waals surface area (Å²) in [6.45, 7) is 0. The first kappa shape index (κ1) is 18.9. The molecule has 25 heavy (non-hydrogen) atoms. The van der Waals surface area contributed by atoms with E-state index in [0.29, 0.717) is 0 Å². The van der Waals surface area contributed by atoms with Crippen LogP contribution in [0.2, 0.25) is 5.02 Å². The smallest absolute Gasteiger partial charge is 0.340 e. The molecule has 134 valence electrons. The van der Waals surface area contributed by atoms with Crippen LogP contribution in [0.25, 0.3) is 0 Å². The van der Waals surface area contributed by atoms with E-state index >= 15 is 0 Å². The van der Waals surface area contributed by atoms with Gasteiger partial charge in [0.15, 0.2) is 0 Å². The lowest BCUT2D eigenvalue weighted by Crippen LogP contribution is -2.07. The summed E-state index contributed by atoms with van der Waals surface area (Å²) in [7, 11) is -0.0165. The molecule has 1 aromatic carbocycles. The molecule has 8 nitrogen and oxygen atoms in total. The van der Waals surface area contributed by atoms with Gasteiger partial charge in [-0.2, -0.15) is 9.46 Å². The summed E-state index contributed by atoms with van der Waals surface area (Å²) >= 11 is 6.27. The van der Waals surface area contributed by atoms with Crippen molar-refractivity contribution in [1.82, 2.24) is 9.78 Å². The van der Waals surface area contributed by atoms with Crippen molar-refractivity contribution in [3.63, 3.8) is 0 Å². The van der Waals surface area contributed by atoms with E-state index in [2.05, 4.69) is 14.2 Å². The number of hydrogen-bond acceptors (Lipinski definition) is 7. The molecule has 0 atom stereocenters. The van der Waals surface area contributed by atoms with Crippen LogP contribution in [0.4, 0.5) is 5.69 Å². The number of aromatic nitrogens is 2. The zero-order valence-corrected chi connectivity index (χ0v) is 15.5. The van der Waals surface area contributed by atoms with Gasteiger partial charge in [-0.15, -0.1) is 0 Å². The lowest BCUT2D eigenvalue weighted by Gasteiger charge is -2.10. The minimum absolute atomic E-state index is 0.0139. The van der Waals surface area contributed by atoms with Crippen LogP contribution < -0.4 is 0 Å². The number of ether oxygens (including phenoxy) is 1. The summed E-state index contributed by atoms with van der Waals surface area (Å²) in [4.78, 5) is 24.6. The van der Waals surface area contributed by atoms with Gasteiger partial charge in [0.1, 0.15) is 11.3 Å². The Hall–Kier alpha value is -2.39.